The number of aromatic nitrogens is 2. The Morgan fingerprint density at radius 2 is 2.06 bits per heavy atom. The molecule has 0 radical (unpaired) electrons. The highest BCUT2D eigenvalue weighted by Crippen LogP contribution is 2.38. The summed E-state index contributed by atoms with van der Waals surface area (Å²) in [6, 6.07) is 8.05. The van der Waals surface area contributed by atoms with Crippen molar-refractivity contribution in [3.05, 3.63) is 53.3 Å². The maximum atomic E-state index is 14.5. The summed E-state index contributed by atoms with van der Waals surface area (Å²) in [4.78, 5) is 11.1. The van der Waals surface area contributed by atoms with E-state index in [0.717, 1.165) is 6.20 Å². The molecule has 1 amide bonds. The van der Waals surface area contributed by atoms with Gasteiger partial charge in [0.05, 0.1) is 11.8 Å². The number of benzene rings is 1. The molecule has 1 unspecified atom stereocenters. The van der Waals surface area contributed by atoms with Crippen LogP contribution >= 0.6 is 11.6 Å². The van der Waals surface area contributed by atoms with Crippen LogP contribution in [0.3, 0.4) is 0 Å². The Bertz CT molecular complexity index is 539. The van der Waals surface area contributed by atoms with Gasteiger partial charge in [-0.15, -0.1) is 0 Å². The molecule has 0 aliphatic carbocycles. The zero-order valence-electron chi connectivity index (χ0n) is 8.65. The van der Waals surface area contributed by atoms with Crippen molar-refractivity contribution < 1.29 is 9.18 Å². The van der Waals surface area contributed by atoms with Gasteiger partial charge in [-0.2, -0.15) is 5.10 Å². The lowest BCUT2D eigenvalue weighted by Gasteiger charge is -2.17. The first-order chi connectivity index (χ1) is 8.03. The van der Waals surface area contributed by atoms with E-state index in [2.05, 4.69) is 10.2 Å². The molecular weight excluding hydrogens is 245 g/mol. The number of rotatable bonds is 3. The molecule has 0 bridgehead atoms. The van der Waals surface area contributed by atoms with Crippen LogP contribution in [-0.4, -0.2) is 16.1 Å². The Hall–Kier alpha value is -1.88. The molecule has 0 saturated carbocycles. The second-order valence-corrected chi connectivity index (χ2v) is 3.98. The molecule has 2 aromatic rings. The van der Waals surface area contributed by atoms with Crippen molar-refractivity contribution in [3.63, 3.8) is 0 Å². The molecule has 0 aliphatic heterocycles. The van der Waals surface area contributed by atoms with Crippen LogP contribution in [0.2, 0.25) is 0 Å². The highest BCUT2D eigenvalue weighted by Gasteiger charge is 2.36. The summed E-state index contributed by atoms with van der Waals surface area (Å²) in [6.07, 6.45) is 1.15. The minimum absolute atomic E-state index is 0.0636. The van der Waals surface area contributed by atoms with Gasteiger partial charge in [0.1, 0.15) is 5.69 Å². The number of nitrogens with two attached hydrogens (primary N) is 1. The quantitative estimate of drug-likeness (QED) is 0.821. The fourth-order valence-corrected chi connectivity index (χ4v) is 1.77. The number of aromatic amines is 1. The zero-order valence-corrected chi connectivity index (χ0v) is 9.41. The average molecular weight is 254 g/mol. The van der Waals surface area contributed by atoms with Gasteiger partial charge < -0.3 is 5.73 Å². The highest BCUT2D eigenvalue weighted by molar-refractivity contribution is 6.25. The monoisotopic (exact) mass is 253 g/mol. The van der Waals surface area contributed by atoms with E-state index < -0.39 is 11.0 Å². The molecule has 0 fully saturated rings. The molecule has 1 aromatic carbocycles. The second kappa shape index (κ2) is 4.18. The number of nitrogens with zero attached hydrogens (tertiary/aromatic N) is 1. The summed E-state index contributed by atoms with van der Waals surface area (Å²) < 4.78 is 14.5. The van der Waals surface area contributed by atoms with E-state index in [1.54, 1.807) is 18.2 Å². The number of halogens is 2. The third-order valence-corrected chi connectivity index (χ3v) is 2.76. The van der Waals surface area contributed by atoms with E-state index in [0.29, 0.717) is 0 Å². The van der Waals surface area contributed by atoms with Gasteiger partial charge in [0.2, 0.25) is 0 Å². The van der Waals surface area contributed by atoms with Crippen LogP contribution in [0.15, 0.2) is 36.5 Å². The largest absolute Gasteiger partial charge is 0.365 e. The van der Waals surface area contributed by atoms with E-state index in [9.17, 15) is 9.18 Å². The Kier molecular flexibility index (Phi) is 2.85. The van der Waals surface area contributed by atoms with Crippen molar-refractivity contribution in [3.8, 4) is 0 Å². The average Bonchev–Trinajstić information content (AvgIpc) is 2.80. The van der Waals surface area contributed by atoms with E-state index in [-0.39, 0.29) is 16.8 Å². The van der Waals surface area contributed by atoms with Gasteiger partial charge in [-0.3, -0.25) is 9.89 Å². The fraction of sp³-hybridized carbons (Fsp3) is 0.0909. The Morgan fingerprint density at radius 1 is 1.41 bits per heavy atom. The molecule has 3 N–H and O–H groups in total. The van der Waals surface area contributed by atoms with Crippen LogP contribution in [0.1, 0.15) is 21.6 Å². The molecule has 6 heteroatoms. The van der Waals surface area contributed by atoms with Crippen molar-refractivity contribution >= 4 is 17.5 Å². The highest BCUT2D eigenvalue weighted by atomic mass is 35.5. The lowest BCUT2D eigenvalue weighted by atomic mass is 10.0. The fourth-order valence-electron chi connectivity index (χ4n) is 1.50. The minimum atomic E-state index is -2.36. The van der Waals surface area contributed by atoms with Crippen LogP contribution in [0.25, 0.3) is 0 Å². The lowest BCUT2D eigenvalue weighted by molar-refractivity contribution is 0.0997. The van der Waals surface area contributed by atoms with Crippen molar-refractivity contribution in [2.24, 2.45) is 5.73 Å². The molecule has 4 nitrogen and oxygen atoms in total. The molecule has 1 aromatic heterocycles. The van der Waals surface area contributed by atoms with Gasteiger partial charge in [0, 0.05) is 5.56 Å². The van der Waals surface area contributed by atoms with E-state index in [1.807, 2.05) is 0 Å². The van der Waals surface area contributed by atoms with Crippen molar-refractivity contribution in [1.82, 2.24) is 10.2 Å². The Labute approximate surface area is 102 Å². The molecule has 88 valence electrons. The van der Waals surface area contributed by atoms with E-state index in [1.165, 1.54) is 12.1 Å². The molecule has 0 aliphatic rings. The SMILES string of the molecule is NC(=O)c1cn[nH]c1C(F)(Cl)c1ccccc1. The number of carbonyl (C=O) groups excluding carboxylic acids is 1. The molecule has 0 spiro atoms. The van der Waals surface area contributed by atoms with Gasteiger partial charge >= 0.3 is 0 Å². The topological polar surface area (TPSA) is 71.8 Å². The summed E-state index contributed by atoms with van der Waals surface area (Å²) in [5, 5.41) is 3.59. The molecule has 0 saturated heterocycles. The van der Waals surface area contributed by atoms with Crippen LogP contribution < -0.4 is 5.73 Å². The number of alkyl halides is 2. The van der Waals surface area contributed by atoms with Gasteiger partial charge in [0.15, 0.2) is 0 Å². The number of amides is 1. The normalized spacial score (nSPS) is 14.2. The second-order valence-electron chi connectivity index (χ2n) is 3.46. The van der Waals surface area contributed by atoms with Crippen LogP contribution in [-0.2, 0) is 5.13 Å². The van der Waals surface area contributed by atoms with Crippen LogP contribution in [0, 0.1) is 0 Å². The maximum Gasteiger partial charge on any atom is 0.252 e. The van der Waals surface area contributed by atoms with E-state index >= 15 is 0 Å². The molecule has 1 atom stereocenters. The first kappa shape index (κ1) is 11.6. The lowest BCUT2D eigenvalue weighted by Crippen LogP contribution is -2.21. The van der Waals surface area contributed by atoms with Crippen molar-refractivity contribution in [2.75, 3.05) is 0 Å². The Balaban J connectivity index is 2.52. The van der Waals surface area contributed by atoms with Crippen molar-refractivity contribution in [2.45, 2.75) is 5.13 Å². The molecular formula is C11H9ClFN3O. The first-order valence-electron chi connectivity index (χ1n) is 4.80. The van der Waals surface area contributed by atoms with Crippen LogP contribution in [0.5, 0.6) is 0 Å². The third-order valence-electron chi connectivity index (χ3n) is 2.36. The van der Waals surface area contributed by atoms with Crippen LogP contribution in [0.4, 0.5) is 4.39 Å². The maximum absolute atomic E-state index is 14.5. The number of nitrogens with one attached hydrogen (secondary N) is 1. The number of primary amides is 1. The predicted octanol–water partition coefficient (Wildman–Crippen LogP) is 1.92. The smallest absolute Gasteiger partial charge is 0.252 e. The summed E-state index contributed by atoms with van der Waals surface area (Å²) in [5.74, 6) is -0.785. The number of carbonyl (C=O) groups is 1. The van der Waals surface area contributed by atoms with Gasteiger partial charge in [-0.1, -0.05) is 41.9 Å². The summed E-state index contributed by atoms with van der Waals surface area (Å²) in [6.45, 7) is 0. The third kappa shape index (κ3) is 2.01. The number of hydrogen-bond acceptors (Lipinski definition) is 2. The summed E-state index contributed by atoms with van der Waals surface area (Å²) >= 11 is 5.83. The molecule has 1 heterocycles. The van der Waals surface area contributed by atoms with Gasteiger partial charge in [-0.05, 0) is 0 Å². The number of H-pyrrole nitrogens is 1. The van der Waals surface area contributed by atoms with Crippen molar-refractivity contribution in [1.29, 1.82) is 0 Å². The zero-order chi connectivity index (χ0) is 12.5. The predicted molar refractivity (Wildman–Crippen MR) is 61.3 cm³/mol. The van der Waals surface area contributed by atoms with Gasteiger partial charge in [-0.25, -0.2) is 4.39 Å². The van der Waals surface area contributed by atoms with E-state index in [4.69, 9.17) is 17.3 Å². The Morgan fingerprint density at radius 3 is 2.65 bits per heavy atom. The van der Waals surface area contributed by atoms with Gasteiger partial charge in [0.25, 0.3) is 11.0 Å². The standard InChI is InChI=1S/C11H9ClFN3O/c12-11(13,7-4-2-1-3-5-7)9-8(10(14)17)6-15-16-9/h1-6H,(H2,14,17)(H,15,16). The minimum Gasteiger partial charge on any atom is -0.365 e. The molecule has 2 rings (SSSR count). The molecule has 17 heavy (non-hydrogen) atoms. The summed E-state index contributed by atoms with van der Waals surface area (Å²) in [5.41, 5.74) is 5.09. The first-order valence-corrected chi connectivity index (χ1v) is 5.18. The summed E-state index contributed by atoms with van der Waals surface area (Å²) in [7, 11) is 0. The number of hydrogen-bond donors (Lipinski definition) is 2.